The minimum absolute atomic E-state index is 0.0450. The molecule has 112 valence electrons. The summed E-state index contributed by atoms with van der Waals surface area (Å²) in [6.07, 6.45) is 3.58. The Kier molecular flexibility index (Phi) is 5.88. The molecule has 1 aromatic heterocycles. The average molecular weight is 351 g/mol. The maximum atomic E-state index is 13.8. The molecule has 21 heavy (non-hydrogen) atoms. The van der Waals surface area contributed by atoms with E-state index in [9.17, 15) is 4.39 Å². The Labute approximate surface area is 133 Å². The number of hydrogen-bond donors (Lipinski definition) is 1. The summed E-state index contributed by atoms with van der Waals surface area (Å²) in [6, 6.07) is 9.21. The lowest BCUT2D eigenvalue weighted by atomic mass is 9.99. The highest BCUT2D eigenvalue weighted by atomic mass is 79.9. The van der Waals surface area contributed by atoms with Crippen molar-refractivity contribution in [3.63, 3.8) is 0 Å². The molecule has 1 aromatic carbocycles. The van der Waals surface area contributed by atoms with Gasteiger partial charge in [0.1, 0.15) is 5.82 Å². The van der Waals surface area contributed by atoms with Crippen LogP contribution in [0.25, 0.3) is 0 Å². The second-order valence-corrected chi connectivity index (χ2v) is 5.91. The monoisotopic (exact) mass is 350 g/mol. The Hall–Kier alpha value is -1.26. The van der Waals surface area contributed by atoms with Gasteiger partial charge in [-0.05, 0) is 59.1 Å². The first-order valence-corrected chi connectivity index (χ1v) is 8.00. The van der Waals surface area contributed by atoms with Crippen molar-refractivity contribution < 1.29 is 4.39 Å². The van der Waals surface area contributed by atoms with Crippen LogP contribution in [0.3, 0.4) is 0 Å². The number of halogens is 2. The predicted molar refractivity (Wildman–Crippen MR) is 87.8 cm³/mol. The van der Waals surface area contributed by atoms with Crippen LogP contribution < -0.4 is 5.32 Å². The van der Waals surface area contributed by atoms with E-state index in [2.05, 4.69) is 46.1 Å². The fraction of sp³-hybridized carbons (Fsp3) is 0.353. The molecule has 1 unspecified atom stereocenters. The van der Waals surface area contributed by atoms with E-state index in [-0.39, 0.29) is 11.9 Å². The van der Waals surface area contributed by atoms with Gasteiger partial charge in [0.25, 0.3) is 0 Å². The van der Waals surface area contributed by atoms with Gasteiger partial charge < -0.3 is 5.32 Å². The third-order valence-corrected chi connectivity index (χ3v) is 4.35. The summed E-state index contributed by atoms with van der Waals surface area (Å²) in [7, 11) is 0. The molecule has 4 heteroatoms. The molecule has 0 aliphatic heterocycles. The summed E-state index contributed by atoms with van der Waals surface area (Å²) >= 11 is 3.37. The number of pyridine rings is 1. The van der Waals surface area contributed by atoms with E-state index < -0.39 is 0 Å². The predicted octanol–water partition coefficient (Wildman–Crippen LogP) is 4.58. The number of aryl methyl sites for hydroxylation is 1. The molecule has 0 saturated carbocycles. The number of aromatic nitrogens is 1. The molecule has 0 saturated heterocycles. The van der Waals surface area contributed by atoms with E-state index in [1.165, 1.54) is 6.07 Å². The Morgan fingerprint density at radius 3 is 2.81 bits per heavy atom. The highest BCUT2D eigenvalue weighted by molar-refractivity contribution is 9.10. The van der Waals surface area contributed by atoms with E-state index in [4.69, 9.17) is 0 Å². The minimum Gasteiger partial charge on any atom is -0.310 e. The summed E-state index contributed by atoms with van der Waals surface area (Å²) in [5.74, 6) is -0.228. The van der Waals surface area contributed by atoms with Crippen molar-refractivity contribution >= 4 is 15.9 Å². The molecule has 0 aliphatic rings. The highest BCUT2D eigenvalue weighted by Gasteiger charge is 2.18. The number of nitrogens with one attached hydrogen (secondary N) is 1. The van der Waals surface area contributed by atoms with Crippen LogP contribution in [0.2, 0.25) is 0 Å². The Balaban J connectivity index is 2.30. The van der Waals surface area contributed by atoms with Crippen LogP contribution in [0.4, 0.5) is 4.39 Å². The van der Waals surface area contributed by atoms with Crippen molar-refractivity contribution in [3.05, 3.63) is 63.6 Å². The maximum Gasteiger partial charge on any atom is 0.137 e. The normalized spacial score (nSPS) is 12.4. The van der Waals surface area contributed by atoms with Crippen LogP contribution in [0.5, 0.6) is 0 Å². The number of nitrogens with zero attached hydrogens (tertiary/aromatic N) is 1. The lowest BCUT2D eigenvalue weighted by Gasteiger charge is -2.21. The first-order chi connectivity index (χ1) is 10.1. The smallest absolute Gasteiger partial charge is 0.137 e. The van der Waals surface area contributed by atoms with E-state index in [0.29, 0.717) is 4.47 Å². The number of rotatable bonds is 6. The van der Waals surface area contributed by atoms with Crippen LogP contribution in [-0.4, -0.2) is 11.5 Å². The van der Waals surface area contributed by atoms with Crippen molar-refractivity contribution in [2.45, 2.75) is 32.7 Å². The van der Waals surface area contributed by atoms with Gasteiger partial charge in [0.2, 0.25) is 0 Å². The third kappa shape index (κ3) is 4.11. The highest BCUT2D eigenvalue weighted by Crippen LogP contribution is 2.28. The van der Waals surface area contributed by atoms with Gasteiger partial charge in [-0.25, -0.2) is 4.39 Å². The molecule has 0 radical (unpaired) electrons. The Morgan fingerprint density at radius 1 is 1.29 bits per heavy atom. The molecule has 0 aliphatic carbocycles. The molecule has 0 fully saturated rings. The summed E-state index contributed by atoms with van der Waals surface area (Å²) in [6.45, 7) is 5.07. The maximum absolute atomic E-state index is 13.8. The molecule has 1 atom stereocenters. The van der Waals surface area contributed by atoms with E-state index in [0.717, 1.165) is 36.2 Å². The average Bonchev–Trinajstić information content (AvgIpc) is 2.48. The molecule has 1 heterocycles. The summed E-state index contributed by atoms with van der Waals surface area (Å²) in [5, 5.41) is 3.49. The largest absolute Gasteiger partial charge is 0.310 e. The van der Waals surface area contributed by atoms with Gasteiger partial charge in [0.05, 0.1) is 4.47 Å². The van der Waals surface area contributed by atoms with Crippen LogP contribution in [-0.2, 0) is 6.42 Å². The molecular formula is C17H20BrFN2. The van der Waals surface area contributed by atoms with Crippen LogP contribution in [0, 0.1) is 12.7 Å². The van der Waals surface area contributed by atoms with Crippen molar-refractivity contribution in [1.29, 1.82) is 0 Å². The van der Waals surface area contributed by atoms with E-state index in [1.54, 1.807) is 12.3 Å². The molecule has 2 aromatic rings. The number of benzene rings is 1. The molecule has 1 N–H and O–H groups in total. The standard InChI is InChI=1S/C17H20BrFN2/c1-3-9-20-16(11-15-12(2)6-5-10-21-15)13-7-4-8-14(19)17(13)18/h4-8,10,16,20H,3,9,11H2,1-2H3. The molecule has 2 nitrogen and oxygen atoms in total. The zero-order valence-electron chi connectivity index (χ0n) is 12.4. The number of hydrogen-bond acceptors (Lipinski definition) is 2. The molecule has 2 rings (SSSR count). The first kappa shape index (κ1) is 16.1. The van der Waals surface area contributed by atoms with Gasteiger partial charge in [-0.1, -0.05) is 25.1 Å². The van der Waals surface area contributed by atoms with Gasteiger partial charge in [-0.2, -0.15) is 0 Å². The second kappa shape index (κ2) is 7.66. The van der Waals surface area contributed by atoms with Crippen molar-refractivity contribution in [3.8, 4) is 0 Å². The van der Waals surface area contributed by atoms with Crippen molar-refractivity contribution in [1.82, 2.24) is 10.3 Å². The van der Waals surface area contributed by atoms with E-state index >= 15 is 0 Å². The van der Waals surface area contributed by atoms with Crippen LogP contribution in [0.1, 0.15) is 36.2 Å². The molecule has 0 bridgehead atoms. The van der Waals surface area contributed by atoms with Gasteiger partial charge in [-0.3, -0.25) is 4.98 Å². The van der Waals surface area contributed by atoms with Gasteiger partial charge in [0, 0.05) is 24.4 Å². The fourth-order valence-electron chi connectivity index (χ4n) is 2.33. The van der Waals surface area contributed by atoms with Crippen LogP contribution in [0.15, 0.2) is 41.0 Å². The molecular weight excluding hydrogens is 331 g/mol. The third-order valence-electron chi connectivity index (χ3n) is 3.51. The zero-order chi connectivity index (χ0) is 15.2. The van der Waals surface area contributed by atoms with Crippen LogP contribution >= 0.6 is 15.9 Å². The lowest BCUT2D eigenvalue weighted by Crippen LogP contribution is -2.25. The van der Waals surface area contributed by atoms with Gasteiger partial charge >= 0.3 is 0 Å². The van der Waals surface area contributed by atoms with Crippen molar-refractivity contribution in [2.75, 3.05) is 6.54 Å². The lowest BCUT2D eigenvalue weighted by molar-refractivity contribution is 0.515. The fourth-order valence-corrected chi connectivity index (χ4v) is 2.87. The topological polar surface area (TPSA) is 24.9 Å². The Morgan fingerprint density at radius 2 is 2.10 bits per heavy atom. The quantitative estimate of drug-likeness (QED) is 0.824. The summed E-state index contributed by atoms with van der Waals surface area (Å²) in [5.41, 5.74) is 3.14. The molecule has 0 amide bonds. The van der Waals surface area contributed by atoms with E-state index in [1.807, 2.05) is 12.1 Å². The minimum atomic E-state index is -0.228. The second-order valence-electron chi connectivity index (χ2n) is 5.12. The van der Waals surface area contributed by atoms with Gasteiger partial charge in [-0.15, -0.1) is 0 Å². The van der Waals surface area contributed by atoms with Gasteiger partial charge in [0.15, 0.2) is 0 Å². The Bertz CT molecular complexity index is 601. The molecule has 0 spiro atoms. The summed E-state index contributed by atoms with van der Waals surface area (Å²) < 4.78 is 14.3. The van der Waals surface area contributed by atoms with Crippen molar-refractivity contribution in [2.24, 2.45) is 0 Å². The zero-order valence-corrected chi connectivity index (χ0v) is 14.0. The first-order valence-electron chi connectivity index (χ1n) is 7.21. The SMILES string of the molecule is CCCNC(Cc1ncccc1C)c1cccc(F)c1Br. The summed E-state index contributed by atoms with van der Waals surface area (Å²) in [4.78, 5) is 4.45.